The molecule has 0 aliphatic heterocycles. The van der Waals surface area contributed by atoms with Crippen LogP contribution in [-0.2, 0) is 12.8 Å². The zero-order chi connectivity index (χ0) is 15.0. The molecule has 110 valence electrons. The van der Waals surface area contributed by atoms with Crippen molar-refractivity contribution in [3.05, 3.63) is 62.6 Å². The summed E-state index contributed by atoms with van der Waals surface area (Å²) in [7, 11) is 0. The van der Waals surface area contributed by atoms with Crippen LogP contribution in [0.15, 0.2) is 34.8 Å². The molecule has 0 spiro atoms. The molecule has 1 unspecified atom stereocenters. The molecule has 0 bridgehead atoms. The summed E-state index contributed by atoms with van der Waals surface area (Å²) in [5.74, 6) is 0. The SMILES string of the molecule is Cc1cc(C)c(NC2CCc3cc(Br)ccc3C2)c(C)c1. The van der Waals surface area contributed by atoms with E-state index in [0.29, 0.717) is 6.04 Å². The molecule has 1 aliphatic rings. The molecule has 2 aromatic carbocycles. The first kappa shape index (κ1) is 14.6. The molecule has 0 aromatic heterocycles. The summed E-state index contributed by atoms with van der Waals surface area (Å²) in [6, 6.07) is 11.8. The Morgan fingerprint density at radius 2 is 1.71 bits per heavy atom. The Labute approximate surface area is 135 Å². The number of anilines is 1. The van der Waals surface area contributed by atoms with Crippen LogP contribution in [0.3, 0.4) is 0 Å². The van der Waals surface area contributed by atoms with Gasteiger partial charge in [0.15, 0.2) is 0 Å². The molecule has 0 radical (unpaired) electrons. The maximum Gasteiger partial charge on any atom is 0.0402 e. The van der Waals surface area contributed by atoms with E-state index in [0.717, 1.165) is 12.8 Å². The fraction of sp³-hybridized carbons (Fsp3) is 0.368. The summed E-state index contributed by atoms with van der Waals surface area (Å²) in [6.07, 6.45) is 3.49. The second kappa shape index (κ2) is 5.84. The summed E-state index contributed by atoms with van der Waals surface area (Å²) in [4.78, 5) is 0. The molecule has 0 amide bonds. The molecule has 1 aliphatic carbocycles. The molecule has 0 heterocycles. The molecule has 1 N–H and O–H groups in total. The lowest BCUT2D eigenvalue weighted by Crippen LogP contribution is -2.28. The van der Waals surface area contributed by atoms with E-state index >= 15 is 0 Å². The lowest BCUT2D eigenvalue weighted by atomic mass is 9.88. The van der Waals surface area contributed by atoms with E-state index in [4.69, 9.17) is 0 Å². The monoisotopic (exact) mass is 343 g/mol. The Morgan fingerprint density at radius 3 is 2.43 bits per heavy atom. The number of benzene rings is 2. The van der Waals surface area contributed by atoms with Crippen molar-refractivity contribution in [2.45, 2.75) is 46.1 Å². The van der Waals surface area contributed by atoms with Crippen molar-refractivity contribution in [1.29, 1.82) is 0 Å². The third-order valence-electron chi connectivity index (χ3n) is 4.42. The molecule has 0 saturated carbocycles. The lowest BCUT2D eigenvalue weighted by molar-refractivity contribution is 0.610. The number of aryl methyl sites for hydroxylation is 4. The first-order valence-electron chi connectivity index (χ1n) is 7.64. The van der Waals surface area contributed by atoms with Gasteiger partial charge in [0.1, 0.15) is 0 Å². The Kier molecular flexibility index (Phi) is 4.08. The Hall–Kier alpha value is -1.28. The zero-order valence-corrected chi connectivity index (χ0v) is 14.5. The molecular weight excluding hydrogens is 322 g/mol. The largest absolute Gasteiger partial charge is 0.382 e. The quantitative estimate of drug-likeness (QED) is 0.775. The van der Waals surface area contributed by atoms with Gasteiger partial charge >= 0.3 is 0 Å². The number of nitrogens with one attached hydrogen (secondary N) is 1. The van der Waals surface area contributed by atoms with Gasteiger partial charge in [-0.15, -0.1) is 0 Å². The van der Waals surface area contributed by atoms with Gasteiger partial charge in [-0.2, -0.15) is 0 Å². The van der Waals surface area contributed by atoms with Gasteiger partial charge < -0.3 is 5.32 Å². The highest BCUT2D eigenvalue weighted by atomic mass is 79.9. The standard InChI is InChI=1S/C19H22BrN/c1-12-8-13(2)19(14(3)9-12)21-18-7-5-15-10-17(20)6-4-16(15)11-18/h4,6,8-10,18,21H,5,7,11H2,1-3H3. The summed E-state index contributed by atoms with van der Waals surface area (Å²) in [5, 5.41) is 3.79. The molecule has 0 fully saturated rings. The van der Waals surface area contributed by atoms with Gasteiger partial charge in [-0.3, -0.25) is 0 Å². The minimum Gasteiger partial charge on any atom is -0.382 e. The Morgan fingerprint density at radius 1 is 1.00 bits per heavy atom. The van der Waals surface area contributed by atoms with Crippen LogP contribution >= 0.6 is 15.9 Å². The van der Waals surface area contributed by atoms with Gasteiger partial charge in [-0.25, -0.2) is 0 Å². The van der Waals surface area contributed by atoms with Crippen molar-refractivity contribution in [3.63, 3.8) is 0 Å². The van der Waals surface area contributed by atoms with Crippen molar-refractivity contribution in [1.82, 2.24) is 0 Å². The number of fused-ring (bicyclic) bond motifs is 1. The van der Waals surface area contributed by atoms with Gasteiger partial charge in [0.25, 0.3) is 0 Å². The number of rotatable bonds is 2. The van der Waals surface area contributed by atoms with E-state index in [-0.39, 0.29) is 0 Å². The van der Waals surface area contributed by atoms with Gasteiger partial charge in [-0.1, -0.05) is 39.7 Å². The first-order valence-corrected chi connectivity index (χ1v) is 8.44. The maximum atomic E-state index is 3.79. The van der Waals surface area contributed by atoms with Crippen LogP contribution in [0.1, 0.15) is 34.2 Å². The third kappa shape index (κ3) is 3.16. The summed E-state index contributed by atoms with van der Waals surface area (Å²) in [6.45, 7) is 6.57. The van der Waals surface area contributed by atoms with Crippen molar-refractivity contribution < 1.29 is 0 Å². The zero-order valence-electron chi connectivity index (χ0n) is 13.0. The summed E-state index contributed by atoms with van der Waals surface area (Å²) < 4.78 is 1.19. The molecule has 21 heavy (non-hydrogen) atoms. The average molecular weight is 344 g/mol. The fourth-order valence-corrected chi connectivity index (χ4v) is 3.87. The van der Waals surface area contributed by atoms with E-state index in [2.05, 4.69) is 72.3 Å². The Balaban J connectivity index is 1.80. The van der Waals surface area contributed by atoms with Gasteiger partial charge in [0, 0.05) is 16.2 Å². The van der Waals surface area contributed by atoms with Crippen LogP contribution in [0.2, 0.25) is 0 Å². The highest BCUT2D eigenvalue weighted by Gasteiger charge is 2.19. The molecule has 1 atom stereocenters. The van der Waals surface area contributed by atoms with E-state index in [1.165, 1.54) is 44.4 Å². The second-order valence-electron chi connectivity index (χ2n) is 6.27. The number of hydrogen-bond donors (Lipinski definition) is 1. The van der Waals surface area contributed by atoms with Gasteiger partial charge in [0.2, 0.25) is 0 Å². The number of halogens is 1. The molecule has 2 aromatic rings. The minimum atomic E-state index is 0.541. The predicted octanol–water partition coefficient (Wildman–Crippen LogP) is 5.34. The summed E-state index contributed by atoms with van der Waals surface area (Å²) >= 11 is 3.57. The maximum absolute atomic E-state index is 3.79. The van der Waals surface area contributed by atoms with Crippen LogP contribution in [0.25, 0.3) is 0 Å². The van der Waals surface area contributed by atoms with E-state index in [9.17, 15) is 0 Å². The van der Waals surface area contributed by atoms with Crippen LogP contribution < -0.4 is 5.32 Å². The van der Waals surface area contributed by atoms with Crippen LogP contribution in [0.5, 0.6) is 0 Å². The van der Waals surface area contributed by atoms with Crippen molar-refractivity contribution in [2.24, 2.45) is 0 Å². The minimum absolute atomic E-state index is 0.541. The molecule has 0 saturated heterocycles. The normalized spacial score (nSPS) is 17.4. The van der Waals surface area contributed by atoms with Crippen LogP contribution in [0.4, 0.5) is 5.69 Å². The van der Waals surface area contributed by atoms with Gasteiger partial charge in [0.05, 0.1) is 0 Å². The molecular formula is C19H22BrN. The highest BCUT2D eigenvalue weighted by Crippen LogP contribution is 2.29. The van der Waals surface area contributed by atoms with E-state index in [1.54, 1.807) is 0 Å². The van der Waals surface area contributed by atoms with Crippen molar-refractivity contribution >= 4 is 21.6 Å². The topological polar surface area (TPSA) is 12.0 Å². The van der Waals surface area contributed by atoms with Crippen LogP contribution in [0, 0.1) is 20.8 Å². The van der Waals surface area contributed by atoms with Crippen LogP contribution in [-0.4, -0.2) is 6.04 Å². The first-order chi connectivity index (χ1) is 10.0. The molecule has 3 rings (SSSR count). The highest BCUT2D eigenvalue weighted by molar-refractivity contribution is 9.10. The predicted molar refractivity (Wildman–Crippen MR) is 94.2 cm³/mol. The second-order valence-corrected chi connectivity index (χ2v) is 7.19. The average Bonchev–Trinajstić information content (AvgIpc) is 2.43. The van der Waals surface area contributed by atoms with Gasteiger partial charge in [-0.05, 0) is 74.4 Å². The van der Waals surface area contributed by atoms with Crippen molar-refractivity contribution in [2.75, 3.05) is 5.32 Å². The summed E-state index contributed by atoms with van der Waals surface area (Å²) in [5.41, 5.74) is 8.37. The fourth-order valence-electron chi connectivity index (χ4n) is 3.46. The lowest BCUT2D eigenvalue weighted by Gasteiger charge is -2.28. The Bertz CT molecular complexity index is 652. The van der Waals surface area contributed by atoms with E-state index in [1.807, 2.05) is 0 Å². The molecule has 2 heteroatoms. The van der Waals surface area contributed by atoms with E-state index < -0.39 is 0 Å². The smallest absolute Gasteiger partial charge is 0.0402 e. The third-order valence-corrected chi connectivity index (χ3v) is 4.92. The van der Waals surface area contributed by atoms with Crippen molar-refractivity contribution in [3.8, 4) is 0 Å². The number of hydrogen-bond acceptors (Lipinski definition) is 1. The molecule has 1 nitrogen and oxygen atoms in total.